The van der Waals surface area contributed by atoms with Crippen molar-refractivity contribution in [3.05, 3.63) is 95.2 Å². The van der Waals surface area contributed by atoms with Crippen LogP contribution in [0.25, 0.3) is 0 Å². The highest BCUT2D eigenvalue weighted by atomic mass is 19.1. The minimum atomic E-state index is -0.242. The van der Waals surface area contributed by atoms with Crippen molar-refractivity contribution in [1.82, 2.24) is 10.2 Å². The lowest BCUT2D eigenvalue weighted by molar-refractivity contribution is 0.0921. The van der Waals surface area contributed by atoms with Gasteiger partial charge in [-0.05, 0) is 41.8 Å². The fourth-order valence-corrected chi connectivity index (χ4v) is 3.13. The summed E-state index contributed by atoms with van der Waals surface area (Å²) in [6.07, 6.45) is 1.98. The van der Waals surface area contributed by atoms with E-state index in [1.165, 1.54) is 17.7 Å². The topological polar surface area (TPSA) is 45.5 Å². The minimum Gasteiger partial charge on any atom is -0.455 e. The number of rotatable bonds is 10. The third-order valence-electron chi connectivity index (χ3n) is 4.65. The van der Waals surface area contributed by atoms with Crippen molar-refractivity contribution >= 4 is 5.91 Å². The van der Waals surface area contributed by atoms with E-state index in [0.29, 0.717) is 25.4 Å². The van der Waals surface area contributed by atoms with E-state index >= 15 is 0 Å². The Morgan fingerprint density at radius 3 is 2.31 bits per heavy atom. The summed E-state index contributed by atoms with van der Waals surface area (Å²) in [5, 5.41) is 2.87. The average Bonchev–Trinajstić information content (AvgIpc) is 3.19. The monoisotopic (exact) mass is 394 g/mol. The maximum Gasteiger partial charge on any atom is 0.286 e. The Morgan fingerprint density at radius 2 is 1.62 bits per heavy atom. The number of halogens is 1. The molecule has 1 N–H and O–H groups in total. The molecule has 1 amide bonds. The zero-order valence-corrected chi connectivity index (χ0v) is 16.7. The van der Waals surface area contributed by atoms with Gasteiger partial charge in [-0.2, -0.15) is 0 Å². The molecule has 152 valence electrons. The van der Waals surface area contributed by atoms with E-state index < -0.39 is 0 Å². The van der Waals surface area contributed by atoms with Gasteiger partial charge in [0, 0.05) is 19.6 Å². The lowest BCUT2D eigenvalue weighted by Gasteiger charge is -2.21. The molecule has 29 heavy (non-hydrogen) atoms. The van der Waals surface area contributed by atoms with Crippen LogP contribution in [0.5, 0.6) is 0 Å². The quantitative estimate of drug-likeness (QED) is 0.484. The molecule has 0 aliphatic heterocycles. The maximum absolute atomic E-state index is 13.2. The smallest absolute Gasteiger partial charge is 0.286 e. The predicted octanol–water partition coefficient (Wildman–Crippen LogP) is 5.15. The minimum absolute atomic E-state index is 0.183. The van der Waals surface area contributed by atoms with Crippen LogP contribution in [0.4, 0.5) is 4.39 Å². The number of nitrogens with zero attached hydrogens (tertiary/aromatic N) is 1. The molecular formula is C24H27FN2O2. The van der Waals surface area contributed by atoms with Gasteiger partial charge in [-0.15, -0.1) is 0 Å². The molecule has 0 saturated carbocycles. The number of amides is 1. The van der Waals surface area contributed by atoms with Gasteiger partial charge >= 0.3 is 0 Å². The molecule has 1 heterocycles. The number of carbonyl (C=O) groups excluding carboxylic acids is 1. The lowest BCUT2D eigenvalue weighted by atomic mass is 10.1. The van der Waals surface area contributed by atoms with E-state index in [0.717, 1.165) is 30.7 Å². The third-order valence-corrected chi connectivity index (χ3v) is 4.65. The molecule has 0 radical (unpaired) electrons. The molecule has 0 aliphatic rings. The number of benzene rings is 2. The first-order valence-corrected chi connectivity index (χ1v) is 10.0. The zero-order chi connectivity index (χ0) is 20.5. The molecule has 0 atom stereocenters. The second-order valence-corrected chi connectivity index (χ2v) is 7.13. The van der Waals surface area contributed by atoms with Crippen molar-refractivity contribution in [3.8, 4) is 0 Å². The predicted molar refractivity (Wildman–Crippen MR) is 112 cm³/mol. The number of furan rings is 1. The molecule has 0 bridgehead atoms. The van der Waals surface area contributed by atoms with Crippen molar-refractivity contribution < 1.29 is 13.6 Å². The standard InChI is InChI=1S/C24H27FN2O2/c1-2-3-15-26-24(28)23-14-13-22(29-23)18-27(16-19-7-5-4-6-8-19)17-20-9-11-21(25)12-10-20/h4-14H,2-3,15-18H2,1H3,(H,26,28). The molecule has 0 spiro atoms. The van der Waals surface area contributed by atoms with Crippen LogP contribution in [0.1, 0.15) is 47.2 Å². The number of hydrogen-bond acceptors (Lipinski definition) is 3. The van der Waals surface area contributed by atoms with Crippen LogP contribution in [0.3, 0.4) is 0 Å². The summed E-state index contributed by atoms with van der Waals surface area (Å²) in [7, 11) is 0. The van der Waals surface area contributed by atoms with Crippen LogP contribution in [-0.2, 0) is 19.6 Å². The van der Waals surface area contributed by atoms with Crippen LogP contribution < -0.4 is 5.32 Å². The van der Waals surface area contributed by atoms with E-state index in [-0.39, 0.29) is 11.7 Å². The highest BCUT2D eigenvalue weighted by Gasteiger charge is 2.14. The average molecular weight is 394 g/mol. The summed E-state index contributed by atoms with van der Waals surface area (Å²) < 4.78 is 19.0. The van der Waals surface area contributed by atoms with Gasteiger partial charge in [0.05, 0.1) is 6.54 Å². The molecule has 2 aromatic carbocycles. The molecule has 0 saturated heterocycles. The lowest BCUT2D eigenvalue weighted by Crippen LogP contribution is -2.24. The molecule has 3 aromatic rings. The zero-order valence-electron chi connectivity index (χ0n) is 16.7. The summed E-state index contributed by atoms with van der Waals surface area (Å²) in [5.74, 6) is 0.632. The summed E-state index contributed by atoms with van der Waals surface area (Å²) >= 11 is 0. The molecule has 0 unspecified atom stereocenters. The van der Waals surface area contributed by atoms with Gasteiger partial charge in [0.15, 0.2) is 5.76 Å². The Kier molecular flexibility index (Phi) is 7.59. The Bertz CT molecular complexity index is 891. The first-order valence-electron chi connectivity index (χ1n) is 10.0. The fraction of sp³-hybridized carbons (Fsp3) is 0.292. The highest BCUT2D eigenvalue weighted by Crippen LogP contribution is 2.17. The largest absolute Gasteiger partial charge is 0.455 e. The van der Waals surface area contributed by atoms with Gasteiger partial charge in [0.25, 0.3) is 5.91 Å². The fourth-order valence-electron chi connectivity index (χ4n) is 3.13. The first kappa shape index (κ1) is 20.8. The van der Waals surface area contributed by atoms with Crippen LogP contribution >= 0.6 is 0 Å². The van der Waals surface area contributed by atoms with E-state index in [4.69, 9.17) is 4.42 Å². The van der Waals surface area contributed by atoms with E-state index in [9.17, 15) is 9.18 Å². The summed E-state index contributed by atoms with van der Waals surface area (Å²) in [4.78, 5) is 14.4. The van der Waals surface area contributed by atoms with Gasteiger partial charge in [-0.25, -0.2) is 4.39 Å². The van der Waals surface area contributed by atoms with E-state index in [2.05, 4.69) is 29.3 Å². The summed E-state index contributed by atoms with van der Waals surface area (Å²) in [6.45, 7) is 4.65. The molecule has 3 rings (SSSR count). The summed E-state index contributed by atoms with van der Waals surface area (Å²) in [6, 6.07) is 20.3. The SMILES string of the molecule is CCCCNC(=O)c1ccc(CN(Cc2ccccc2)Cc2ccc(F)cc2)o1. The van der Waals surface area contributed by atoms with Crippen molar-refractivity contribution in [2.45, 2.75) is 39.4 Å². The van der Waals surface area contributed by atoms with Crippen LogP contribution in [0, 0.1) is 5.82 Å². The normalized spacial score (nSPS) is 11.0. The number of carbonyl (C=O) groups is 1. The highest BCUT2D eigenvalue weighted by molar-refractivity contribution is 5.91. The van der Waals surface area contributed by atoms with Gasteiger partial charge in [0.1, 0.15) is 11.6 Å². The Morgan fingerprint density at radius 1 is 0.931 bits per heavy atom. The first-order chi connectivity index (χ1) is 14.1. The van der Waals surface area contributed by atoms with Crippen molar-refractivity contribution in [2.24, 2.45) is 0 Å². The molecule has 0 aliphatic carbocycles. The third kappa shape index (κ3) is 6.57. The molecule has 0 fully saturated rings. The van der Waals surface area contributed by atoms with Crippen molar-refractivity contribution in [3.63, 3.8) is 0 Å². The second-order valence-electron chi connectivity index (χ2n) is 7.13. The van der Waals surface area contributed by atoms with E-state index in [1.807, 2.05) is 24.3 Å². The maximum atomic E-state index is 13.2. The number of nitrogens with one attached hydrogen (secondary N) is 1. The molecule has 1 aromatic heterocycles. The molecule has 4 nitrogen and oxygen atoms in total. The Hall–Kier alpha value is -2.92. The van der Waals surface area contributed by atoms with Crippen LogP contribution in [0.15, 0.2) is 71.1 Å². The van der Waals surface area contributed by atoms with Gasteiger partial charge in [-0.1, -0.05) is 55.8 Å². The van der Waals surface area contributed by atoms with Gasteiger partial charge in [-0.3, -0.25) is 9.69 Å². The number of unbranched alkanes of at least 4 members (excludes halogenated alkanes) is 1. The molecular weight excluding hydrogens is 367 g/mol. The van der Waals surface area contributed by atoms with Crippen molar-refractivity contribution in [1.29, 1.82) is 0 Å². The van der Waals surface area contributed by atoms with Gasteiger partial charge < -0.3 is 9.73 Å². The van der Waals surface area contributed by atoms with Crippen LogP contribution in [-0.4, -0.2) is 17.4 Å². The van der Waals surface area contributed by atoms with Gasteiger partial charge in [0.2, 0.25) is 0 Å². The Labute approximate surface area is 171 Å². The molecule has 5 heteroatoms. The van der Waals surface area contributed by atoms with Crippen molar-refractivity contribution in [2.75, 3.05) is 6.54 Å². The van der Waals surface area contributed by atoms with E-state index in [1.54, 1.807) is 18.2 Å². The number of hydrogen-bond donors (Lipinski definition) is 1. The second kappa shape index (κ2) is 10.6. The Balaban J connectivity index is 1.69. The summed E-state index contributed by atoms with van der Waals surface area (Å²) in [5.41, 5.74) is 2.20. The van der Waals surface area contributed by atoms with Crippen LogP contribution in [0.2, 0.25) is 0 Å².